The number of hydrogen-bond donors (Lipinski definition) is 1. The molecule has 0 aliphatic carbocycles. The van der Waals surface area contributed by atoms with Crippen LogP contribution in [0.3, 0.4) is 0 Å². The molecule has 3 rings (SSSR count). The predicted molar refractivity (Wildman–Crippen MR) is 85.5 cm³/mol. The molecular formula is C16H24ClN3O. The van der Waals surface area contributed by atoms with Crippen molar-refractivity contribution >= 4 is 18.3 Å². The van der Waals surface area contributed by atoms with Crippen molar-refractivity contribution in [1.82, 2.24) is 15.2 Å². The fraction of sp³-hybridized carbons (Fsp3) is 0.625. The van der Waals surface area contributed by atoms with Crippen LogP contribution in [-0.4, -0.2) is 41.5 Å². The first-order chi connectivity index (χ1) is 9.83. The average Bonchev–Trinajstić information content (AvgIpc) is 3.03. The van der Waals surface area contributed by atoms with Gasteiger partial charge in [-0.15, -0.1) is 12.4 Å². The number of nitrogens with one attached hydrogen (secondary N) is 1. The van der Waals surface area contributed by atoms with E-state index < -0.39 is 0 Å². The Kier molecular flexibility index (Phi) is 6.00. The van der Waals surface area contributed by atoms with Crippen molar-refractivity contribution in [3.05, 3.63) is 30.1 Å². The average molecular weight is 310 g/mol. The molecule has 0 bridgehead atoms. The third-order valence-corrected chi connectivity index (χ3v) is 4.64. The molecule has 1 N–H and O–H groups in total. The van der Waals surface area contributed by atoms with E-state index in [1.165, 1.54) is 19.4 Å². The summed E-state index contributed by atoms with van der Waals surface area (Å²) in [5, 5.41) is 3.60. The molecule has 0 radical (unpaired) electrons. The molecule has 1 atom stereocenters. The van der Waals surface area contributed by atoms with Gasteiger partial charge in [-0.2, -0.15) is 0 Å². The Morgan fingerprint density at radius 1 is 1.33 bits per heavy atom. The Bertz CT molecular complexity index is 440. The number of pyridine rings is 1. The lowest BCUT2D eigenvalue weighted by atomic mass is 9.88. The van der Waals surface area contributed by atoms with E-state index in [0.29, 0.717) is 12.5 Å². The van der Waals surface area contributed by atoms with Gasteiger partial charge in [-0.3, -0.25) is 9.78 Å². The van der Waals surface area contributed by atoms with E-state index in [2.05, 4.69) is 10.3 Å². The lowest BCUT2D eigenvalue weighted by Gasteiger charge is -2.35. The molecule has 2 saturated heterocycles. The second kappa shape index (κ2) is 7.76. The number of aromatic nitrogens is 1. The molecule has 1 unspecified atom stereocenters. The number of rotatable bonds is 3. The minimum Gasteiger partial charge on any atom is -0.342 e. The molecule has 1 aromatic rings. The summed E-state index contributed by atoms with van der Waals surface area (Å²) in [5.74, 6) is 1.01. The molecule has 2 aliphatic heterocycles. The summed E-state index contributed by atoms with van der Waals surface area (Å²) in [6.07, 6.45) is 8.94. The van der Waals surface area contributed by atoms with Crippen LogP contribution in [-0.2, 0) is 11.2 Å². The summed E-state index contributed by atoms with van der Waals surface area (Å²) in [6.45, 7) is 3.01. The number of piperidine rings is 1. The third-order valence-electron chi connectivity index (χ3n) is 4.64. The fourth-order valence-electron chi connectivity index (χ4n) is 3.45. The first-order valence-corrected chi connectivity index (χ1v) is 7.73. The van der Waals surface area contributed by atoms with Gasteiger partial charge >= 0.3 is 0 Å². The van der Waals surface area contributed by atoms with Gasteiger partial charge in [-0.1, -0.05) is 6.07 Å². The van der Waals surface area contributed by atoms with Crippen molar-refractivity contribution in [3.8, 4) is 0 Å². The lowest BCUT2D eigenvalue weighted by Crippen LogP contribution is -2.43. The van der Waals surface area contributed by atoms with Gasteiger partial charge in [0.1, 0.15) is 0 Å². The highest BCUT2D eigenvalue weighted by Gasteiger charge is 2.29. The van der Waals surface area contributed by atoms with Gasteiger partial charge in [0.2, 0.25) is 5.91 Å². The van der Waals surface area contributed by atoms with E-state index in [4.69, 9.17) is 0 Å². The minimum absolute atomic E-state index is 0. The van der Waals surface area contributed by atoms with Crippen molar-refractivity contribution in [3.63, 3.8) is 0 Å². The molecule has 5 heteroatoms. The van der Waals surface area contributed by atoms with Gasteiger partial charge in [0.25, 0.3) is 0 Å². The van der Waals surface area contributed by atoms with E-state index in [1.54, 1.807) is 12.4 Å². The van der Waals surface area contributed by atoms with E-state index in [1.807, 2.05) is 17.0 Å². The van der Waals surface area contributed by atoms with Gasteiger partial charge in [0.15, 0.2) is 0 Å². The summed E-state index contributed by atoms with van der Waals surface area (Å²) in [4.78, 5) is 18.4. The normalized spacial score (nSPS) is 22.9. The monoisotopic (exact) mass is 309 g/mol. The van der Waals surface area contributed by atoms with Gasteiger partial charge < -0.3 is 10.2 Å². The Hall–Kier alpha value is -1.13. The number of nitrogens with zero attached hydrogens (tertiary/aromatic N) is 2. The van der Waals surface area contributed by atoms with Crippen molar-refractivity contribution in [2.24, 2.45) is 5.92 Å². The molecule has 4 nitrogen and oxygen atoms in total. The van der Waals surface area contributed by atoms with Crippen LogP contribution in [0.4, 0.5) is 0 Å². The van der Waals surface area contributed by atoms with Crippen molar-refractivity contribution in [1.29, 1.82) is 0 Å². The molecule has 3 heterocycles. The minimum atomic E-state index is 0. The maximum atomic E-state index is 12.3. The highest BCUT2D eigenvalue weighted by Crippen LogP contribution is 2.25. The number of hydrogen-bond acceptors (Lipinski definition) is 3. The second-order valence-electron chi connectivity index (χ2n) is 5.96. The summed E-state index contributed by atoms with van der Waals surface area (Å²) >= 11 is 0. The molecule has 1 amide bonds. The second-order valence-corrected chi connectivity index (χ2v) is 5.96. The van der Waals surface area contributed by atoms with Crippen LogP contribution in [0.1, 0.15) is 31.2 Å². The zero-order chi connectivity index (χ0) is 13.8. The topological polar surface area (TPSA) is 45.2 Å². The lowest BCUT2D eigenvalue weighted by molar-refractivity contribution is -0.132. The van der Waals surface area contributed by atoms with Crippen LogP contribution in [0.25, 0.3) is 0 Å². The van der Waals surface area contributed by atoms with Crippen LogP contribution < -0.4 is 5.32 Å². The molecule has 1 aromatic heterocycles. The van der Waals surface area contributed by atoms with Gasteiger partial charge in [-0.25, -0.2) is 0 Å². The Labute approximate surface area is 132 Å². The molecule has 2 fully saturated rings. The van der Waals surface area contributed by atoms with Gasteiger partial charge in [0.05, 0.1) is 6.42 Å². The SMILES string of the molecule is Cl.O=C(Cc1cccnc1)N1CCC(C2CCCN2)CC1. The predicted octanol–water partition coefficient (Wildman–Crippen LogP) is 2.04. The molecular weight excluding hydrogens is 286 g/mol. The fourth-order valence-corrected chi connectivity index (χ4v) is 3.45. The maximum Gasteiger partial charge on any atom is 0.227 e. The Balaban J connectivity index is 0.00000161. The zero-order valence-electron chi connectivity index (χ0n) is 12.3. The number of likely N-dealkylation sites (tertiary alicyclic amines) is 1. The first-order valence-electron chi connectivity index (χ1n) is 7.73. The summed E-state index contributed by atoms with van der Waals surface area (Å²) < 4.78 is 0. The number of amides is 1. The van der Waals surface area contributed by atoms with E-state index in [0.717, 1.165) is 37.4 Å². The Morgan fingerprint density at radius 3 is 2.76 bits per heavy atom. The standard InChI is InChI=1S/C16H23N3O.ClH/c20-16(11-13-3-1-7-17-12-13)19-9-5-14(6-10-19)15-4-2-8-18-15;/h1,3,7,12,14-15,18H,2,4-6,8-11H2;1H. The van der Waals surface area contributed by atoms with Crippen molar-refractivity contribution < 1.29 is 4.79 Å². The maximum absolute atomic E-state index is 12.3. The van der Waals surface area contributed by atoms with Crippen LogP contribution in [0.2, 0.25) is 0 Å². The third kappa shape index (κ3) is 4.17. The highest BCUT2D eigenvalue weighted by molar-refractivity contribution is 5.85. The molecule has 116 valence electrons. The molecule has 0 spiro atoms. The van der Waals surface area contributed by atoms with Gasteiger partial charge in [0, 0.05) is 31.5 Å². The van der Waals surface area contributed by atoms with E-state index in [9.17, 15) is 4.79 Å². The number of halogens is 1. The van der Waals surface area contributed by atoms with Crippen molar-refractivity contribution in [2.45, 2.75) is 38.1 Å². The first kappa shape index (κ1) is 16.2. The summed E-state index contributed by atoms with van der Waals surface area (Å²) in [7, 11) is 0. The molecule has 21 heavy (non-hydrogen) atoms. The number of carbonyl (C=O) groups is 1. The van der Waals surface area contributed by atoms with E-state index in [-0.39, 0.29) is 18.3 Å². The van der Waals surface area contributed by atoms with Crippen molar-refractivity contribution in [2.75, 3.05) is 19.6 Å². The summed E-state index contributed by atoms with van der Waals surface area (Å²) in [5.41, 5.74) is 1.01. The quantitative estimate of drug-likeness (QED) is 0.929. The highest BCUT2D eigenvalue weighted by atomic mass is 35.5. The molecule has 2 aliphatic rings. The number of carbonyl (C=O) groups excluding carboxylic acids is 1. The van der Waals surface area contributed by atoms with Crippen LogP contribution in [0, 0.1) is 5.92 Å². The smallest absolute Gasteiger partial charge is 0.227 e. The summed E-state index contributed by atoms with van der Waals surface area (Å²) in [6, 6.07) is 4.56. The molecule has 0 saturated carbocycles. The largest absolute Gasteiger partial charge is 0.342 e. The van der Waals surface area contributed by atoms with E-state index >= 15 is 0 Å². The van der Waals surface area contributed by atoms with Crippen LogP contribution in [0.5, 0.6) is 0 Å². The van der Waals surface area contributed by atoms with Crippen LogP contribution in [0.15, 0.2) is 24.5 Å². The zero-order valence-corrected chi connectivity index (χ0v) is 13.1. The van der Waals surface area contributed by atoms with Crippen LogP contribution >= 0.6 is 12.4 Å². The molecule has 0 aromatic carbocycles. The Morgan fingerprint density at radius 2 is 2.14 bits per heavy atom. The van der Waals surface area contributed by atoms with Gasteiger partial charge in [-0.05, 0) is 49.8 Å².